The Morgan fingerprint density at radius 2 is 0.951 bits per heavy atom. The first-order valence-corrected chi connectivity index (χ1v) is 37.1. The average Bonchev–Trinajstić information content (AvgIpc) is 0.763. The van der Waals surface area contributed by atoms with Gasteiger partial charge in [0.1, 0.15) is 122 Å². The molecule has 5 rings (SSSR count). The van der Waals surface area contributed by atoms with Gasteiger partial charge in [-0.3, -0.25) is 9.59 Å². The highest BCUT2D eigenvalue weighted by molar-refractivity contribution is 5.76. The predicted molar refractivity (Wildman–Crippen MR) is 358 cm³/mol. The van der Waals surface area contributed by atoms with Gasteiger partial charge in [-0.05, 0) is 19.3 Å². The summed E-state index contributed by atoms with van der Waals surface area (Å²) in [6.45, 7) is -0.349. The van der Waals surface area contributed by atoms with E-state index in [1.54, 1.807) is 6.08 Å². The highest BCUT2D eigenvalue weighted by Gasteiger charge is 2.61. The number of unbranched alkanes of at least 4 members (excludes halogenated alkanes) is 23. The van der Waals surface area contributed by atoms with E-state index < -0.39 is 229 Å². The lowest BCUT2D eigenvalue weighted by molar-refractivity contribution is -0.393. The van der Waals surface area contributed by atoms with Crippen LogP contribution in [0.4, 0.5) is 0 Å². The molecule has 28 atom stereocenters. The highest BCUT2D eigenvalue weighted by Crippen LogP contribution is 2.40. The maximum Gasteiger partial charge on any atom is 0.364 e. The van der Waals surface area contributed by atoms with E-state index in [2.05, 4.69) is 24.5 Å². The smallest absolute Gasteiger partial charge is 0.364 e. The zero-order chi connectivity index (χ0) is 75.1. The summed E-state index contributed by atoms with van der Waals surface area (Å²) < 4.78 is 58.2. The topological polar surface area (TPSA) is 532 Å². The van der Waals surface area contributed by atoms with Crippen LogP contribution >= 0.6 is 0 Å². The number of aliphatic hydroxyl groups is 17. The third kappa shape index (κ3) is 26.7. The van der Waals surface area contributed by atoms with Gasteiger partial charge in [0.15, 0.2) is 25.2 Å². The largest absolute Gasteiger partial charge is 0.477 e. The SMILES string of the molecule is CCCCCCCCCCCCC/C=C/[C@@H](O)[C@H](CO[C@@H]1OC(CO)[C@@H](O[C@@H]2OC(CO)[C@H](O)[C@H](O[C@@H]3OC(CO)[C@@H](O[C@@H]4OC(CO)[C@H](O)[C@H](O[C@]5(C(=O)O)CC(O)[C@@H](O)C([C@H](O)[C@H](O)CO)O5)C4O)[C@H](O)C3NC(C)=O)C2O)[C@H](O)C1O)NC(=O)CCCCCCCCCCCCCCC. The standard InChI is InChI=1S/C69H124N2O31/c1-4-6-8-10-12-14-16-18-20-22-24-26-28-30-41(78)40(71-48(81)31-29-27-25-23-21-19-17-15-13-11-9-7-5-2)38-93-65-56(88)55(87)60(47(37-76)97-65)99-66-57(89)61(52(84)44(34-73)94-66)100-64-49(70-39(3)77)54(86)59(46(36-75)96-64)98-67-58(90)63(53(85)45(35-74)95-67)102-69(68(91)92)32-42(79)50(82)62(101-69)51(83)43(80)33-72/h28,30,40-47,49-67,72-76,78-80,82-90H,4-27,29,31-38H2,1-3H3,(H,70,77)(H,71,81)(H,91,92)/b30-28+/t40-,41+,42?,43+,44?,45?,46?,47?,49?,50+,51+,52-,53-,54+,55+,56?,57?,58?,59+,60+,61-,62?,63-,64-,65+,66-,67-,69-/m0/s1. The molecular formula is C69H124N2O31. The van der Waals surface area contributed by atoms with Gasteiger partial charge in [0.2, 0.25) is 11.8 Å². The molecule has 0 saturated carbocycles. The fraction of sp³-hybridized carbons (Fsp3) is 0.928. The quantitative estimate of drug-likeness (QED) is 0.0232. The highest BCUT2D eigenvalue weighted by atomic mass is 16.8. The monoisotopic (exact) mass is 1480 g/mol. The molecule has 20 N–H and O–H groups in total. The van der Waals surface area contributed by atoms with E-state index in [0.29, 0.717) is 12.8 Å². The molecule has 102 heavy (non-hydrogen) atoms. The van der Waals surface area contributed by atoms with Gasteiger partial charge in [-0.15, -0.1) is 0 Å². The summed E-state index contributed by atoms with van der Waals surface area (Å²) in [6, 6.07) is -2.93. The van der Waals surface area contributed by atoms with Crippen molar-refractivity contribution in [3.8, 4) is 0 Å². The molecule has 0 spiro atoms. The number of carbonyl (C=O) groups excluding carboxylic acids is 2. The Balaban J connectivity index is 1.25. The van der Waals surface area contributed by atoms with Crippen LogP contribution in [-0.2, 0) is 61.8 Å². The van der Waals surface area contributed by atoms with Crippen LogP contribution in [0.25, 0.3) is 0 Å². The van der Waals surface area contributed by atoms with Gasteiger partial charge in [0, 0.05) is 19.8 Å². The Kier molecular flexibility index (Phi) is 41.4. The first kappa shape index (κ1) is 89.7. The number of hydrogen-bond donors (Lipinski definition) is 20. The van der Waals surface area contributed by atoms with Crippen LogP contribution in [0.15, 0.2) is 12.2 Å². The number of amides is 2. The number of nitrogens with one attached hydrogen (secondary N) is 2. The van der Waals surface area contributed by atoms with Gasteiger partial charge in [-0.2, -0.15) is 0 Å². The van der Waals surface area contributed by atoms with Crippen molar-refractivity contribution in [3.63, 3.8) is 0 Å². The van der Waals surface area contributed by atoms with E-state index in [1.165, 1.54) is 96.3 Å². The van der Waals surface area contributed by atoms with Gasteiger partial charge in [-0.25, -0.2) is 4.79 Å². The van der Waals surface area contributed by atoms with Crippen molar-refractivity contribution in [2.75, 3.05) is 39.6 Å². The lowest BCUT2D eigenvalue weighted by Crippen LogP contribution is -2.70. The van der Waals surface area contributed by atoms with Crippen molar-refractivity contribution >= 4 is 17.8 Å². The molecule has 0 bridgehead atoms. The van der Waals surface area contributed by atoms with Crippen LogP contribution in [0.2, 0.25) is 0 Å². The van der Waals surface area contributed by atoms with Crippen molar-refractivity contribution in [1.29, 1.82) is 0 Å². The molecule has 596 valence electrons. The summed E-state index contributed by atoms with van der Waals surface area (Å²) in [5, 5.41) is 203. The number of carbonyl (C=O) groups is 3. The number of ether oxygens (including phenoxy) is 10. The van der Waals surface area contributed by atoms with Crippen molar-refractivity contribution in [3.05, 3.63) is 12.2 Å². The van der Waals surface area contributed by atoms with Crippen LogP contribution in [0, 0.1) is 0 Å². The van der Waals surface area contributed by atoms with E-state index in [1.807, 2.05) is 6.08 Å². The second-order valence-corrected chi connectivity index (χ2v) is 27.8. The Morgan fingerprint density at radius 3 is 1.43 bits per heavy atom. The molecule has 0 aliphatic carbocycles. The summed E-state index contributed by atoms with van der Waals surface area (Å²) >= 11 is 0. The van der Waals surface area contributed by atoms with Gasteiger partial charge in [0.25, 0.3) is 5.79 Å². The Hall–Kier alpha value is -2.93. The Bertz CT molecular complexity index is 2340. The lowest BCUT2D eigenvalue weighted by Gasteiger charge is -2.51. The number of rotatable bonds is 49. The van der Waals surface area contributed by atoms with Crippen LogP contribution in [0.3, 0.4) is 0 Å². The fourth-order valence-electron chi connectivity index (χ4n) is 13.5. The summed E-state index contributed by atoms with van der Waals surface area (Å²) in [5.41, 5.74) is 0. The summed E-state index contributed by atoms with van der Waals surface area (Å²) in [6.07, 6.45) is -19.5. The second-order valence-electron chi connectivity index (χ2n) is 27.8. The molecular weight excluding hydrogens is 1350 g/mol. The van der Waals surface area contributed by atoms with Crippen molar-refractivity contribution < 1.29 is 154 Å². The van der Waals surface area contributed by atoms with E-state index in [0.717, 1.165) is 58.3 Å². The summed E-state index contributed by atoms with van der Waals surface area (Å²) in [5.74, 6) is -6.50. The Morgan fingerprint density at radius 1 is 0.510 bits per heavy atom. The van der Waals surface area contributed by atoms with Crippen molar-refractivity contribution in [1.82, 2.24) is 10.6 Å². The molecule has 5 fully saturated rings. The van der Waals surface area contributed by atoms with E-state index in [-0.39, 0.29) is 12.3 Å². The minimum absolute atomic E-state index is 0.175. The number of aliphatic carboxylic acids is 1. The zero-order valence-corrected chi connectivity index (χ0v) is 59.4. The lowest BCUT2D eigenvalue weighted by atomic mass is 9.90. The normalized spacial score (nSPS) is 35.8. The first-order valence-electron chi connectivity index (χ1n) is 37.1. The molecule has 5 aliphatic rings. The number of carboxylic acid groups (broad SMARTS) is 1. The molecule has 0 aromatic carbocycles. The average molecular weight is 1480 g/mol. The molecule has 5 saturated heterocycles. The molecule has 10 unspecified atom stereocenters. The summed E-state index contributed by atoms with van der Waals surface area (Å²) in [7, 11) is 0. The molecule has 33 nitrogen and oxygen atoms in total. The third-order valence-electron chi connectivity index (χ3n) is 19.7. The Labute approximate surface area is 597 Å². The van der Waals surface area contributed by atoms with E-state index in [4.69, 9.17) is 47.4 Å². The first-order chi connectivity index (χ1) is 48.9. The van der Waals surface area contributed by atoms with Gasteiger partial charge < -0.3 is 150 Å². The van der Waals surface area contributed by atoms with Crippen LogP contribution < -0.4 is 10.6 Å². The molecule has 33 heteroatoms. The molecule has 0 aromatic rings. The number of hydrogen-bond acceptors (Lipinski definition) is 30. The zero-order valence-electron chi connectivity index (χ0n) is 59.4. The van der Waals surface area contributed by atoms with Crippen LogP contribution in [0.5, 0.6) is 0 Å². The van der Waals surface area contributed by atoms with E-state index in [9.17, 15) is 106 Å². The second kappa shape index (κ2) is 47.1. The third-order valence-corrected chi connectivity index (χ3v) is 19.7. The molecule has 5 aliphatic heterocycles. The van der Waals surface area contributed by atoms with Crippen LogP contribution in [-0.4, -0.2) is 321 Å². The number of carboxylic acids is 1. The minimum atomic E-state index is -3.19. The number of aliphatic hydroxyl groups excluding tert-OH is 17. The maximum absolute atomic E-state index is 13.5. The van der Waals surface area contributed by atoms with Gasteiger partial charge in [-0.1, -0.05) is 167 Å². The van der Waals surface area contributed by atoms with E-state index >= 15 is 0 Å². The van der Waals surface area contributed by atoms with Gasteiger partial charge >= 0.3 is 5.97 Å². The van der Waals surface area contributed by atoms with Crippen molar-refractivity contribution in [2.45, 2.75) is 365 Å². The molecule has 0 radical (unpaired) electrons. The fourth-order valence-corrected chi connectivity index (χ4v) is 13.5. The molecule has 2 amide bonds. The van der Waals surface area contributed by atoms with Gasteiger partial charge in [0.05, 0.1) is 57.9 Å². The minimum Gasteiger partial charge on any atom is -0.477 e. The molecule has 5 heterocycles. The number of allylic oxidation sites excluding steroid dienone is 1. The van der Waals surface area contributed by atoms with Crippen molar-refractivity contribution in [2.24, 2.45) is 0 Å². The van der Waals surface area contributed by atoms with Crippen LogP contribution in [0.1, 0.15) is 194 Å². The summed E-state index contributed by atoms with van der Waals surface area (Å²) in [4.78, 5) is 39.2. The predicted octanol–water partition coefficient (Wildman–Crippen LogP) is -1.97. The maximum atomic E-state index is 13.5. The molecule has 0 aromatic heterocycles.